The van der Waals surface area contributed by atoms with E-state index >= 15 is 0 Å². The molecule has 1 aromatic heterocycles. The van der Waals surface area contributed by atoms with Gasteiger partial charge in [0.25, 0.3) is 5.91 Å². The third kappa shape index (κ3) is 4.01. The highest BCUT2D eigenvalue weighted by Crippen LogP contribution is 2.23. The lowest BCUT2D eigenvalue weighted by Gasteiger charge is -2.17. The SMILES string of the molecule is C=CC(=O)N(Cc1ccccc1)/N=C(\C=P)c1cnc2c(c1)CCO2. The highest BCUT2D eigenvalue weighted by atomic mass is 31.0. The summed E-state index contributed by atoms with van der Waals surface area (Å²) in [6.45, 7) is 4.57. The van der Waals surface area contributed by atoms with E-state index in [9.17, 15) is 4.79 Å². The van der Waals surface area contributed by atoms with Gasteiger partial charge in [0.1, 0.15) is 0 Å². The fraction of sp³-hybridized carbons (Fsp3) is 0.158. The van der Waals surface area contributed by atoms with Crippen molar-refractivity contribution in [2.24, 2.45) is 5.10 Å². The summed E-state index contributed by atoms with van der Waals surface area (Å²) >= 11 is 0. The fourth-order valence-corrected chi connectivity index (χ4v) is 2.75. The van der Waals surface area contributed by atoms with Gasteiger partial charge in [0, 0.05) is 23.7 Å². The van der Waals surface area contributed by atoms with Crippen molar-refractivity contribution in [3.8, 4) is 5.88 Å². The van der Waals surface area contributed by atoms with Crippen LogP contribution in [0.3, 0.4) is 0 Å². The number of carbonyl (C=O) groups is 1. The minimum atomic E-state index is -0.271. The number of carbonyl (C=O) groups excluding carboxylic acids is 1. The Morgan fingerprint density at radius 2 is 2.20 bits per heavy atom. The number of pyridine rings is 1. The van der Waals surface area contributed by atoms with Gasteiger partial charge in [0.2, 0.25) is 5.88 Å². The van der Waals surface area contributed by atoms with E-state index in [1.54, 1.807) is 12.0 Å². The molecular formula is C19H18N3O2P. The van der Waals surface area contributed by atoms with Crippen LogP contribution in [0.2, 0.25) is 0 Å². The molecule has 0 N–H and O–H groups in total. The smallest absolute Gasteiger partial charge is 0.266 e. The number of amides is 1. The highest BCUT2D eigenvalue weighted by Gasteiger charge is 2.16. The minimum Gasteiger partial charge on any atom is -0.477 e. The Kier molecular flexibility index (Phi) is 5.36. The van der Waals surface area contributed by atoms with Crippen LogP contribution in [-0.2, 0) is 17.8 Å². The van der Waals surface area contributed by atoms with Crippen molar-refractivity contribution in [2.45, 2.75) is 13.0 Å². The van der Waals surface area contributed by atoms with Crippen LogP contribution in [0.25, 0.3) is 0 Å². The van der Waals surface area contributed by atoms with Gasteiger partial charge in [-0.25, -0.2) is 9.99 Å². The van der Waals surface area contributed by atoms with E-state index in [1.165, 1.54) is 11.1 Å². The van der Waals surface area contributed by atoms with E-state index in [0.29, 0.717) is 24.7 Å². The Labute approximate surface area is 148 Å². The number of nitrogens with zero attached hydrogens (tertiary/aromatic N) is 3. The van der Waals surface area contributed by atoms with Crippen molar-refractivity contribution < 1.29 is 9.53 Å². The summed E-state index contributed by atoms with van der Waals surface area (Å²) in [5, 5.41) is 5.89. The summed E-state index contributed by atoms with van der Waals surface area (Å²) in [4.78, 5) is 16.5. The first-order chi connectivity index (χ1) is 12.2. The predicted molar refractivity (Wildman–Crippen MR) is 102 cm³/mol. The molecular weight excluding hydrogens is 333 g/mol. The van der Waals surface area contributed by atoms with Crippen molar-refractivity contribution in [1.82, 2.24) is 9.99 Å². The summed E-state index contributed by atoms with van der Waals surface area (Å²) in [7, 11) is 3.39. The first kappa shape index (κ1) is 17.1. The molecule has 1 aromatic carbocycles. The zero-order valence-electron chi connectivity index (χ0n) is 13.7. The lowest BCUT2D eigenvalue weighted by molar-refractivity contribution is -0.126. The average molecular weight is 351 g/mol. The maximum atomic E-state index is 12.2. The molecule has 0 radical (unpaired) electrons. The van der Waals surface area contributed by atoms with Crippen LogP contribution >= 0.6 is 8.86 Å². The van der Waals surface area contributed by atoms with Gasteiger partial charge in [-0.2, -0.15) is 5.10 Å². The molecule has 25 heavy (non-hydrogen) atoms. The predicted octanol–water partition coefficient (Wildman–Crippen LogP) is 2.88. The zero-order chi connectivity index (χ0) is 17.6. The molecule has 3 rings (SSSR count). The van der Waals surface area contributed by atoms with Gasteiger partial charge < -0.3 is 4.74 Å². The summed E-state index contributed by atoms with van der Waals surface area (Å²) in [6, 6.07) is 11.7. The van der Waals surface area contributed by atoms with Gasteiger partial charge in [0.05, 0.1) is 18.9 Å². The average Bonchev–Trinajstić information content (AvgIpc) is 3.13. The van der Waals surface area contributed by atoms with Crippen LogP contribution in [0.15, 0.2) is 60.4 Å². The van der Waals surface area contributed by atoms with E-state index in [1.807, 2.05) is 36.4 Å². The minimum absolute atomic E-state index is 0.271. The van der Waals surface area contributed by atoms with Crippen LogP contribution in [-0.4, -0.2) is 34.0 Å². The molecule has 1 aliphatic heterocycles. The second kappa shape index (κ2) is 7.86. The zero-order valence-corrected chi connectivity index (χ0v) is 14.7. The van der Waals surface area contributed by atoms with E-state index in [4.69, 9.17) is 4.74 Å². The molecule has 0 atom stereocenters. The number of ether oxygens (including phenoxy) is 1. The second-order valence-corrected chi connectivity index (χ2v) is 5.79. The summed E-state index contributed by atoms with van der Waals surface area (Å²) in [5.74, 6) is 2.07. The molecule has 2 aromatic rings. The summed E-state index contributed by atoms with van der Waals surface area (Å²) in [6.07, 6.45) is 3.77. The number of fused-ring (bicyclic) bond motifs is 1. The molecule has 1 aliphatic rings. The Morgan fingerprint density at radius 3 is 2.92 bits per heavy atom. The molecule has 0 saturated carbocycles. The molecule has 1 amide bonds. The number of hydrazone groups is 1. The van der Waals surface area contributed by atoms with E-state index in [-0.39, 0.29) is 5.91 Å². The van der Waals surface area contributed by atoms with Crippen molar-refractivity contribution in [1.29, 1.82) is 0 Å². The number of rotatable bonds is 6. The lowest BCUT2D eigenvalue weighted by Crippen LogP contribution is -2.25. The van der Waals surface area contributed by atoms with Gasteiger partial charge in [0.15, 0.2) is 0 Å². The van der Waals surface area contributed by atoms with Crippen molar-refractivity contribution in [3.05, 3.63) is 71.9 Å². The molecule has 126 valence electrons. The van der Waals surface area contributed by atoms with E-state index in [0.717, 1.165) is 23.1 Å². The third-order valence-corrected chi connectivity index (χ3v) is 4.07. The second-order valence-electron chi connectivity index (χ2n) is 5.50. The van der Waals surface area contributed by atoms with Crippen LogP contribution in [0.1, 0.15) is 16.7 Å². The molecule has 6 heteroatoms. The quantitative estimate of drug-likeness (QED) is 0.348. The van der Waals surface area contributed by atoms with Crippen molar-refractivity contribution in [2.75, 3.05) is 6.61 Å². The first-order valence-corrected chi connectivity index (χ1v) is 8.48. The maximum Gasteiger partial charge on any atom is 0.266 e. The Balaban J connectivity index is 1.92. The monoisotopic (exact) mass is 351 g/mol. The van der Waals surface area contributed by atoms with Gasteiger partial charge in [-0.05, 0) is 23.5 Å². The standard InChI is InChI=1S/C19H18N3O2P/c1-2-18(23)22(12-14-6-4-3-5-7-14)21-17(13-25)16-10-15-8-9-24-19(15)20-11-16/h2-7,10-11,13,25H,1,8-9,12H2/b21-17+. The lowest BCUT2D eigenvalue weighted by atomic mass is 10.1. The van der Waals surface area contributed by atoms with E-state index in [2.05, 4.69) is 25.5 Å². The molecule has 0 saturated heterocycles. The van der Waals surface area contributed by atoms with Gasteiger partial charge in [-0.3, -0.25) is 4.79 Å². The number of benzene rings is 1. The Bertz CT molecular complexity index is 834. The third-order valence-electron chi connectivity index (χ3n) is 3.80. The van der Waals surface area contributed by atoms with Crippen molar-refractivity contribution in [3.63, 3.8) is 0 Å². The largest absolute Gasteiger partial charge is 0.477 e. The first-order valence-electron chi connectivity index (χ1n) is 7.90. The van der Waals surface area contributed by atoms with Crippen molar-refractivity contribution >= 4 is 26.3 Å². The highest BCUT2D eigenvalue weighted by molar-refractivity contribution is 7.22. The number of aromatic nitrogens is 1. The summed E-state index contributed by atoms with van der Waals surface area (Å²) in [5.41, 5.74) is 3.44. The Hall–Kier alpha value is -2.78. The molecule has 0 aliphatic carbocycles. The van der Waals surface area contributed by atoms with E-state index < -0.39 is 0 Å². The van der Waals surface area contributed by atoms with Gasteiger partial charge in [-0.15, -0.1) is 8.86 Å². The molecule has 0 spiro atoms. The molecule has 0 bridgehead atoms. The topological polar surface area (TPSA) is 54.8 Å². The number of hydrogen-bond donors (Lipinski definition) is 0. The number of hydrogen-bond acceptors (Lipinski definition) is 4. The van der Waals surface area contributed by atoms with Gasteiger partial charge in [-0.1, -0.05) is 36.9 Å². The van der Waals surface area contributed by atoms with Crippen LogP contribution in [0, 0.1) is 0 Å². The molecule has 2 heterocycles. The molecule has 5 nitrogen and oxygen atoms in total. The normalized spacial score (nSPS) is 12.9. The molecule has 0 fully saturated rings. The molecule has 0 unspecified atom stereocenters. The van der Waals surface area contributed by atoms with Crippen LogP contribution < -0.4 is 4.74 Å². The Morgan fingerprint density at radius 1 is 1.40 bits per heavy atom. The fourth-order valence-electron chi connectivity index (χ4n) is 2.53. The summed E-state index contributed by atoms with van der Waals surface area (Å²) < 4.78 is 5.43. The maximum absolute atomic E-state index is 12.2. The van der Waals surface area contributed by atoms with Crippen LogP contribution in [0.5, 0.6) is 5.88 Å². The van der Waals surface area contributed by atoms with Crippen LogP contribution in [0.4, 0.5) is 0 Å². The van der Waals surface area contributed by atoms with Gasteiger partial charge >= 0.3 is 0 Å².